The SMILES string of the molecule is COC(=O)c1nccc(Oc2nc3ccc(N)cc3n2Cc2ccc(OC)cc2)c1C. The van der Waals surface area contributed by atoms with Crippen LogP contribution in [0.2, 0.25) is 0 Å². The molecule has 0 atom stereocenters. The number of hydrogen-bond donors (Lipinski definition) is 1. The Bertz CT molecular complexity index is 1250. The predicted octanol–water partition coefficient (Wildman–Crippen LogP) is 3.96. The van der Waals surface area contributed by atoms with E-state index in [1.54, 1.807) is 26.2 Å². The summed E-state index contributed by atoms with van der Waals surface area (Å²) in [5.41, 5.74) is 10.0. The quantitative estimate of drug-likeness (QED) is 0.373. The average molecular weight is 418 g/mol. The van der Waals surface area contributed by atoms with Gasteiger partial charge in [0.2, 0.25) is 0 Å². The highest BCUT2D eigenvalue weighted by atomic mass is 16.5. The molecule has 0 saturated heterocycles. The van der Waals surface area contributed by atoms with Gasteiger partial charge in [0.15, 0.2) is 5.69 Å². The molecule has 0 saturated carbocycles. The van der Waals surface area contributed by atoms with E-state index in [1.807, 2.05) is 41.0 Å². The summed E-state index contributed by atoms with van der Waals surface area (Å²) in [6, 6.07) is 15.3. The molecule has 4 aromatic rings. The molecule has 0 amide bonds. The maximum atomic E-state index is 12.0. The Morgan fingerprint density at radius 2 is 1.87 bits per heavy atom. The van der Waals surface area contributed by atoms with Gasteiger partial charge in [-0.05, 0) is 48.9 Å². The molecular weight excluding hydrogens is 396 g/mol. The monoisotopic (exact) mass is 418 g/mol. The first-order chi connectivity index (χ1) is 15.0. The minimum Gasteiger partial charge on any atom is -0.497 e. The Labute approximate surface area is 179 Å². The second kappa shape index (κ2) is 8.35. The number of esters is 1. The standard InChI is InChI=1S/C23H22N4O4/c1-14-20(10-11-25-21(14)22(28)30-3)31-23-26-18-9-6-16(24)12-19(18)27(23)13-15-4-7-17(29-2)8-5-15/h4-12H,13,24H2,1-3H3. The fourth-order valence-corrected chi connectivity index (χ4v) is 3.29. The Balaban J connectivity index is 1.77. The molecule has 0 aliphatic rings. The topological polar surface area (TPSA) is 101 Å². The van der Waals surface area contributed by atoms with Crippen LogP contribution in [0.3, 0.4) is 0 Å². The van der Waals surface area contributed by atoms with Gasteiger partial charge in [0, 0.05) is 17.4 Å². The lowest BCUT2D eigenvalue weighted by Gasteiger charge is -2.13. The van der Waals surface area contributed by atoms with Crippen molar-refractivity contribution < 1.29 is 19.0 Å². The summed E-state index contributed by atoms with van der Waals surface area (Å²) in [6.07, 6.45) is 1.50. The number of aromatic nitrogens is 3. The van der Waals surface area contributed by atoms with Crippen molar-refractivity contribution >= 4 is 22.7 Å². The van der Waals surface area contributed by atoms with Crippen LogP contribution in [0.4, 0.5) is 5.69 Å². The minimum atomic E-state index is -0.526. The van der Waals surface area contributed by atoms with Gasteiger partial charge in [-0.15, -0.1) is 0 Å². The molecule has 0 aliphatic carbocycles. The van der Waals surface area contributed by atoms with Crippen LogP contribution in [0, 0.1) is 6.92 Å². The van der Waals surface area contributed by atoms with Crippen LogP contribution in [0.25, 0.3) is 11.0 Å². The molecule has 0 spiro atoms. The van der Waals surface area contributed by atoms with Gasteiger partial charge >= 0.3 is 12.0 Å². The lowest BCUT2D eigenvalue weighted by molar-refractivity contribution is 0.0592. The highest BCUT2D eigenvalue weighted by Crippen LogP contribution is 2.31. The molecule has 2 N–H and O–H groups in total. The van der Waals surface area contributed by atoms with Gasteiger partial charge in [-0.1, -0.05) is 12.1 Å². The normalized spacial score (nSPS) is 10.8. The van der Waals surface area contributed by atoms with Gasteiger partial charge in [0.25, 0.3) is 0 Å². The molecule has 31 heavy (non-hydrogen) atoms. The summed E-state index contributed by atoms with van der Waals surface area (Å²) in [7, 11) is 2.95. The van der Waals surface area contributed by atoms with Crippen molar-refractivity contribution in [1.29, 1.82) is 0 Å². The van der Waals surface area contributed by atoms with Crippen LogP contribution in [-0.2, 0) is 11.3 Å². The van der Waals surface area contributed by atoms with E-state index in [1.165, 1.54) is 13.3 Å². The molecule has 0 radical (unpaired) electrons. The maximum Gasteiger partial charge on any atom is 0.357 e. The Morgan fingerprint density at radius 1 is 1.10 bits per heavy atom. The Hall–Kier alpha value is -4.07. The predicted molar refractivity (Wildman–Crippen MR) is 117 cm³/mol. The number of rotatable bonds is 6. The zero-order chi connectivity index (χ0) is 22.0. The summed E-state index contributed by atoms with van der Waals surface area (Å²) in [5.74, 6) is 0.722. The van der Waals surface area contributed by atoms with Crippen molar-refractivity contribution in [2.45, 2.75) is 13.5 Å². The number of carbonyl (C=O) groups is 1. The van der Waals surface area contributed by atoms with E-state index in [2.05, 4.69) is 9.97 Å². The molecule has 4 rings (SSSR count). The lowest BCUT2D eigenvalue weighted by atomic mass is 10.2. The zero-order valence-electron chi connectivity index (χ0n) is 17.5. The third kappa shape index (κ3) is 4.00. The molecule has 2 heterocycles. The Kier molecular flexibility index (Phi) is 5.44. The number of nitrogens with two attached hydrogens (primary N) is 1. The van der Waals surface area contributed by atoms with Crippen LogP contribution in [0.5, 0.6) is 17.5 Å². The van der Waals surface area contributed by atoms with E-state index < -0.39 is 5.97 Å². The molecule has 2 aromatic heterocycles. The number of methoxy groups -OCH3 is 2. The number of anilines is 1. The van der Waals surface area contributed by atoms with Gasteiger partial charge < -0.3 is 19.9 Å². The molecule has 8 heteroatoms. The smallest absolute Gasteiger partial charge is 0.357 e. The summed E-state index contributed by atoms with van der Waals surface area (Å²) in [6.45, 7) is 2.26. The molecule has 158 valence electrons. The molecule has 0 aliphatic heterocycles. The number of nitrogens with zero attached hydrogens (tertiary/aromatic N) is 3. The van der Waals surface area contributed by atoms with Gasteiger partial charge in [-0.25, -0.2) is 9.78 Å². The number of ether oxygens (including phenoxy) is 3. The number of fused-ring (bicyclic) bond motifs is 1. The molecule has 0 unspecified atom stereocenters. The van der Waals surface area contributed by atoms with Crippen molar-refractivity contribution in [3.05, 3.63) is 71.5 Å². The number of carbonyl (C=O) groups excluding carboxylic acids is 1. The van der Waals surface area contributed by atoms with E-state index in [-0.39, 0.29) is 5.69 Å². The summed E-state index contributed by atoms with van der Waals surface area (Å²) in [5, 5.41) is 0. The highest BCUT2D eigenvalue weighted by Gasteiger charge is 2.18. The first-order valence-corrected chi connectivity index (χ1v) is 9.60. The van der Waals surface area contributed by atoms with Crippen LogP contribution in [-0.4, -0.2) is 34.7 Å². The number of pyridine rings is 1. The van der Waals surface area contributed by atoms with E-state index >= 15 is 0 Å². The maximum absolute atomic E-state index is 12.0. The van der Waals surface area contributed by atoms with Gasteiger partial charge in [-0.3, -0.25) is 4.57 Å². The van der Waals surface area contributed by atoms with Crippen LogP contribution in [0.15, 0.2) is 54.7 Å². The van der Waals surface area contributed by atoms with Gasteiger partial charge in [-0.2, -0.15) is 4.98 Å². The molecule has 8 nitrogen and oxygen atoms in total. The van der Waals surface area contributed by atoms with Gasteiger partial charge in [0.05, 0.1) is 31.8 Å². The molecule has 0 fully saturated rings. The number of hydrogen-bond acceptors (Lipinski definition) is 7. The van der Waals surface area contributed by atoms with Crippen LogP contribution < -0.4 is 15.2 Å². The second-order valence-electron chi connectivity index (χ2n) is 6.95. The van der Waals surface area contributed by atoms with Crippen molar-refractivity contribution in [1.82, 2.24) is 14.5 Å². The average Bonchev–Trinajstić information content (AvgIpc) is 3.11. The highest BCUT2D eigenvalue weighted by molar-refractivity contribution is 5.89. The Morgan fingerprint density at radius 3 is 2.58 bits per heavy atom. The lowest BCUT2D eigenvalue weighted by Crippen LogP contribution is -2.08. The van der Waals surface area contributed by atoms with E-state index in [0.29, 0.717) is 29.6 Å². The second-order valence-corrected chi connectivity index (χ2v) is 6.95. The fraction of sp³-hybridized carbons (Fsp3) is 0.174. The van der Waals surface area contributed by atoms with Crippen molar-refractivity contribution in [3.8, 4) is 17.5 Å². The van der Waals surface area contributed by atoms with E-state index in [4.69, 9.17) is 19.9 Å². The van der Waals surface area contributed by atoms with Crippen LogP contribution in [0.1, 0.15) is 21.6 Å². The molecule has 2 aromatic carbocycles. The van der Waals surface area contributed by atoms with E-state index in [9.17, 15) is 4.79 Å². The third-order valence-corrected chi connectivity index (χ3v) is 4.97. The number of nitrogen functional groups attached to an aromatic ring is 1. The van der Waals surface area contributed by atoms with Crippen molar-refractivity contribution in [3.63, 3.8) is 0 Å². The minimum absolute atomic E-state index is 0.196. The largest absolute Gasteiger partial charge is 0.497 e. The first-order valence-electron chi connectivity index (χ1n) is 9.60. The fourth-order valence-electron chi connectivity index (χ4n) is 3.29. The summed E-state index contributed by atoms with van der Waals surface area (Å²) >= 11 is 0. The van der Waals surface area contributed by atoms with Crippen molar-refractivity contribution in [2.75, 3.05) is 20.0 Å². The summed E-state index contributed by atoms with van der Waals surface area (Å²) < 4.78 is 18.1. The van der Waals surface area contributed by atoms with Crippen molar-refractivity contribution in [2.24, 2.45) is 0 Å². The van der Waals surface area contributed by atoms with E-state index in [0.717, 1.165) is 22.3 Å². The number of imidazole rings is 1. The first kappa shape index (κ1) is 20.2. The third-order valence-electron chi connectivity index (χ3n) is 4.97. The zero-order valence-corrected chi connectivity index (χ0v) is 17.5. The van der Waals surface area contributed by atoms with Gasteiger partial charge in [0.1, 0.15) is 11.5 Å². The number of benzene rings is 2. The summed E-state index contributed by atoms with van der Waals surface area (Å²) in [4.78, 5) is 20.7. The molecule has 0 bridgehead atoms. The molecular formula is C23H22N4O4. The van der Waals surface area contributed by atoms with Crippen LogP contribution >= 0.6 is 0 Å².